The van der Waals surface area contributed by atoms with Gasteiger partial charge in [0.2, 0.25) is 0 Å². The molecule has 2 saturated carbocycles. The van der Waals surface area contributed by atoms with Crippen LogP contribution in [0.4, 0.5) is 5.82 Å². The SMILES string of the molecule is CC(NC(=O)c1cccnc1N1CCCCCC1)C1CC2CCC1C2. The number of carbonyl (C=O) groups excluding carboxylic acids is 1. The number of hydrogen-bond donors (Lipinski definition) is 1. The van der Waals surface area contributed by atoms with Crippen LogP contribution in [-0.4, -0.2) is 30.0 Å². The second kappa shape index (κ2) is 7.35. The van der Waals surface area contributed by atoms with Crippen molar-refractivity contribution in [3.05, 3.63) is 23.9 Å². The molecule has 1 amide bonds. The number of aromatic nitrogens is 1. The maximum Gasteiger partial charge on any atom is 0.255 e. The molecule has 4 rings (SSSR count). The lowest BCUT2D eigenvalue weighted by Crippen LogP contribution is -2.41. The molecule has 4 heteroatoms. The Morgan fingerprint density at radius 2 is 2.00 bits per heavy atom. The second-order valence-corrected chi connectivity index (χ2v) is 8.38. The Hall–Kier alpha value is -1.58. The van der Waals surface area contributed by atoms with Gasteiger partial charge in [-0.2, -0.15) is 0 Å². The maximum absolute atomic E-state index is 13.0. The number of nitrogens with one attached hydrogen (secondary N) is 1. The predicted octanol–water partition coefficient (Wildman–Crippen LogP) is 4.02. The number of amides is 1. The molecule has 0 radical (unpaired) electrons. The van der Waals surface area contributed by atoms with Crippen LogP contribution in [0.25, 0.3) is 0 Å². The lowest BCUT2D eigenvalue weighted by Gasteiger charge is -2.29. The van der Waals surface area contributed by atoms with E-state index < -0.39 is 0 Å². The van der Waals surface area contributed by atoms with Crippen molar-refractivity contribution >= 4 is 11.7 Å². The Labute approximate surface area is 151 Å². The van der Waals surface area contributed by atoms with Crippen LogP contribution in [0.5, 0.6) is 0 Å². The van der Waals surface area contributed by atoms with Crippen LogP contribution < -0.4 is 10.2 Å². The fourth-order valence-corrected chi connectivity index (χ4v) is 5.41. The molecule has 1 aliphatic heterocycles. The molecule has 1 saturated heterocycles. The zero-order chi connectivity index (χ0) is 17.2. The molecule has 1 aromatic heterocycles. The number of pyridine rings is 1. The van der Waals surface area contributed by atoms with Crippen molar-refractivity contribution in [1.82, 2.24) is 10.3 Å². The molecule has 136 valence electrons. The minimum atomic E-state index is 0.0580. The zero-order valence-corrected chi connectivity index (χ0v) is 15.4. The summed E-state index contributed by atoms with van der Waals surface area (Å²) in [7, 11) is 0. The third-order valence-electron chi connectivity index (χ3n) is 6.73. The van der Waals surface area contributed by atoms with E-state index in [1.807, 2.05) is 18.3 Å². The molecular weight excluding hydrogens is 310 g/mol. The lowest BCUT2D eigenvalue weighted by molar-refractivity contribution is 0.0915. The molecule has 2 heterocycles. The molecule has 25 heavy (non-hydrogen) atoms. The first kappa shape index (κ1) is 16.9. The summed E-state index contributed by atoms with van der Waals surface area (Å²) < 4.78 is 0. The standard InChI is InChI=1S/C21H31N3O/c1-15(19-14-16-8-9-17(19)13-16)23-21(25)18-7-6-10-22-20(18)24-11-4-2-3-5-12-24/h6-7,10,15-17,19H,2-5,8-9,11-14H2,1H3,(H,23,25). The fourth-order valence-electron chi connectivity index (χ4n) is 5.41. The highest BCUT2D eigenvalue weighted by Crippen LogP contribution is 2.49. The van der Waals surface area contributed by atoms with E-state index in [4.69, 9.17) is 0 Å². The quantitative estimate of drug-likeness (QED) is 0.900. The molecule has 0 spiro atoms. The van der Waals surface area contributed by atoms with Gasteiger partial charge in [-0.25, -0.2) is 4.98 Å². The first-order valence-corrected chi connectivity index (χ1v) is 10.2. The minimum absolute atomic E-state index is 0.0580. The van der Waals surface area contributed by atoms with Crippen molar-refractivity contribution in [2.24, 2.45) is 17.8 Å². The molecule has 3 aliphatic rings. The molecule has 4 atom stereocenters. The Bertz CT molecular complexity index is 609. The molecule has 1 N–H and O–H groups in total. The Balaban J connectivity index is 1.46. The maximum atomic E-state index is 13.0. The predicted molar refractivity (Wildman–Crippen MR) is 101 cm³/mol. The summed E-state index contributed by atoms with van der Waals surface area (Å²) in [5.74, 6) is 3.35. The van der Waals surface area contributed by atoms with Gasteiger partial charge in [0.1, 0.15) is 5.82 Å². The minimum Gasteiger partial charge on any atom is -0.356 e. The number of hydrogen-bond acceptors (Lipinski definition) is 3. The monoisotopic (exact) mass is 341 g/mol. The van der Waals surface area contributed by atoms with E-state index in [-0.39, 0.29) is 11.9 Å². The summed E-state index contributed by atoms with van der Waals surface area (Å²) >= 11 is 0. The van der Waals surface area contributed by atoms with Gasteiger partial charge in [0.25, 0.3) is 5.91 Å². The van der Waals surface area contributed by atoms with Gasteiger partial charge in [-0.15, -0.1) is 0 Å². The first-order chi connectivity index (χ1) is 12.2. The van der Waals surface area contributed by atoms with Crippen LogP contribution >= 0.6 is 0 Å². The van der Waals surface area contributed by atoms with Gasteiger partial charge in [0, 0.05) is 25.3 Å². The molecular formula is C21H31N3O. The van der Waals surface area contributed by atoms with Crippen molar-refractivity contribution in [3.63, 3.8) is 0 Å². The number of rotatable bonds is 4. The molecule has 3 fully saturated rings. The number of anilines is 1. The number of carbonyl (C=O) groups is 1. The first-order valence-electron chi connectivity index (χ1n) is 10.2. The van der Waals surface area contributed by atoms with E-state index in [0.29, 0.717) is 5.92 Å². The summed E-state index contributed by atoms with van der Waals surface area (Å²) in [6.45, 7) is 4.23. The van der Waals surface area contributed by atoms with Crippen LogP contribution in [-0.2, 0) is 0 Å². The summed E-state index contributed by atoms with van der Waals surface area (Å²) in [5, 5.41) is 3.31. The summed E-state index contributed by atoms with van der Waals surface area (Å²) in [6, 6.07) is 4.09. The van der Waals surface area contributed by atoms with Crippen LogP contribution in [0.3, 0.4) is 0 Å². The van der Waals surface area contributed by atoms with Crippen molar-refractivity contribution in [2.45, 2.75) is 64.3 Å². The largest absolute Gasteiger partial charge is 0.356 e. The Morgan fingerprint density at radius 3 is 2.68 bits per heavy atom. The molecule has 2 aliphatic carbocycles. The fraction of sp³-hybridized carbons (Fsp3) is 0.714. The van der Waals surface area contributed by atoms with Gasteiger partial charge in [-0.3, -0.25) is 4.79 Å². The summed E-state index contributed by atoms with van der Waals surface area (Å²) in [4.78, 5) is 19.9. The highest BCUT2D eigenvalue weighted by atomic mass is 16.1. The average molecular weight is 341 g/mol. The van der Waals surface area contributed by atoms with Crippen molar-refractivity contribution in [2.75, 3.05) is 18.0 Å². The van der Waals surface area contributed by atoms with Crippen molar-refractivity contribution < 1.29 is 4.79 Å². The number of nitrogens with zero attached hydrogens (tertiary/aromatic N) is 2. The zero-order valence-electron chi connectivity index (χ0n) is 15.4. The Kier molecular flexibility index (Phi) is 4.96. The van der Waals surface area contributed by atoms with Gasteiger partial charge in [0.05, 0.1) is 5.56 Å². The topological polar surface area (TPSA) is 45.2 Å². The van der Waals surface area contributed by atoms with Crippen LogP contribution in [0.15, 0.2) is 18.3 Å². The molecule has 4 unspecified atom stereocenters. The van der Waals surface area contributed by atoms with Crippen LogP contribution in [0, 0.1) is 17.8 Å². The molecule has 0 aromatic carbocycles. The molecule has 1 aromatic rings. The lowest BCUT2D eigenvalue weighted by atomic mass is 9.84. The van der Waals surface area contributed by atoms with Gasteiger partial charge in [0.15, 0.2) is 0 Å². The van der Waals surface area contributed by atoms with Gasteiger partial charge < -0.3 is 10.2 Å². The van der Waals surface area contributed by atoms with Crippen LogP contribution in [0.2, 0.25) is 0 Å². The summed E-state index contributed by atoms with van der Waals surface area (Å²) in [6.07, 6.45) is 12.2. The highest BCUT2D eigenvalue weighted by Gasteiger charge is 2.42. The van der Waals surface area contributed by atoms with Crippen molar-refractivity contribution in [1.29, 1.82) is 0 Å². The molecule has 2 bridgehead atoms. The molecule has 4 nitrogen and oxygen atoms in total. The van der Waals surface area contributed by atoms with E-state index in [0.717, 1.165) is 36.3 Å². The van der Waals surface area contributed by atoms with E-state index >= 15 is 0 Å². The average Bonchev–Trinajstić information content (AvgIpc) is 3.16. The van der Waals surface area contributed by atoms with Gasteiger partial charge >= 0.3 is 0 Å². The Morgan fingerprint density at radius 1 is 1.20 bits per heavy atom. The number of fused-ring (bicyclic) bond motifs is 2. The van der Waals surface area contributed by atoms with Gasteiger partial charge in [-0.05, 0) is 68.9 Å². The summed E-state index contributed by atoms with van der Waals surface area (Å²) in [5.41, 5.74) is 0.749. The van der Waals surface area contributed by atoms with E-state index in [2.05, 4.69) is 22.1 Å². The third-order valence-corrected chi connectivity index (χ3v) is 6.73. The smallest absolute Gasteiger partial charge is 0.255 e. The van der Waals surface area contributed by atoms with E-state index in [1.54, 1.807) is 0 Å². The van der Waals surface area contributed by atoms with Crippen LogP contribution in [0.1, 0.15) is 68.6 Å². The van der Waals surface area contributed by atoms with Gasteiger partial charge in [-0.1, -0.05) is 19.3 Å². The van der Waals surface area contributed by atoms with E-state index in [1.165, 1.54) is 51.4 Å². The van der Waals surface area contributed by atoms with E-state index in [9.17, 15) is 4.79 Å². The highest BCUT2D eigenvalue weighted by molar-refractivity contribution is 5.99. The van der Waals surface area contributed by atoms with Crippen molar-refractivity contribution in [3.8, 4) is 0 Å². The third kappa shape index (κ3) is 3.54. The second-order valence-electron chi connectivity index (χ2n) is 8.38. The normalized spacial score (nSPS) is 30.1.